The van der Waals surface area contributed by atoms with Crippen LogP contribution in [0.4, 0.5) is 0 Å². The van der Waals surface area contributed by atoms with E-state index in [-0.39, 0.29) is 18.0 Å². The van der Waals surface area contributed by atoms with Gasteiger partial charge in [0.25, 0.3) is 5.91 Å². The molecular formula is C17H17Cl2N3O3. The lowest BCUT2D eigenvalue weighted by molar-refractivity contribution is -0.139. The molecule has 1 aromatic heterocycles. The topological polar surface area (TPSA) is 84.2 Å². The van der Waals surface area contributed by atoms with Gasteiger partial charge in [0.2, 0.25) is 0 Å². The Hall–Kier alpha value is -2.05. The fraction of sp³-hybridized carbons (Fsp3) is 0.353. The van der Waals surface area contributed by atoms with E-state index in [1.807, 2.05) is 6.92 Å². The van der Waals surface area contributed by atoms with Gasteiger partial charge in [-0.25, -0.2) is 4.68 Å². The minimum atomic E-state index is -0.919. The summed E-state index contributed by atoms with van der Waals surface area (Å²) in [7, 11) is 0. The van der Waals surface area contributed by atoms with E-state index in [1.165, 1.54) is 0 Å². The molecule has 1 aliphatic rings. The SMILES string of the molecule is Cc1cc(C(=O)NC2(CC(=O)O)CCC2)nn1-c1ccc(Cl)c(Cl)c1. The Morgan fingerprint density at radius 3 is 2.56 bits per heavy atom. The number of carbonyl (C=O) groups is 2. The third kappa shape index (κ3) is 3.65. The third-order valence-corrected chi connectivity index (χ3v) is 5.19. The summed E-state index contributed by atoms with van der Waals surface area (Å²) in [4.78, 5) is 23.6. The maximum Gasteiger partial charge on any atom is 0.305 e. The highest BCUT2D eigenvalue weighted by atomic mass is 35.5. The van der Waals surface area contributed by atoms with Gasteiger partial charge in [-0.2, -0.15) is 5.10 Å². The quantitative estimate of drug-likeness (QED) is 0.828. The van der Waals surface area contributed by atoms with Crippen LogP contribution in [0.5, 0.6) is 0 Å². The van der Waals surface area contributed by atoms with Crippen LogP contribution in [-0.4, -0.2) is 32.3 Å². The van der Waals surface area contributed by atoms with Gasteiger partial charge in [0.1, 0.15) is 0 Å². The summed E-state index contributed by atoms with van der Waals surface area (Å²) in [6.45, 7) is 1.82. The van der Waals surface area contributed by atoms with E-state index in [0.29, 0.717) is 28.6 Å². The number of halogens is 2. The van der Waals surface area contributed by atoms with Gasteiger partial charge >= 0.3 is 5.97 Å². The molecule has 0 spiro atoms. The molecule has 25 heavy (non-hydrogen) atoms. The number of carboxylic acids is 1. The highest BCUT2D eigenvalue weighted by Crippen LogP contribution is 2.35. The van der Waals surface area contributed by atoms with E-state index >= 15 is 0 Å². The Labute approximate surface area is 154 Å². The zero-order valence-electron chi connectivity index (χ0n) is 13.6. The van der Waals surface area contributed by atoms with Crippen LogP contribution in [0.1, 0.15) is 41.9 Å². The Morgan fingerprint density at radius 1 is 1.28 bits per heavy atom. The highest BCUT2D eigenvalue weighted by Gasteiger charge is 2.40. The molecule has 1 amide bonds. The van der Waals surface area contributed by atoms with Gasteiger partial charge in [-0.3, -0.25) is 9.59 Å². The van der Waals surface area contributed by atoms with Crippen molar-refractivity contribution in [3.63, 3.8) is 0 Å². The van der Waals surface area contributed by atoms with Crippen LogP contribution >= 0.6 is 23.2 Å². The van der Waals surface area contributed by atoms with Crippen LogP contribution in [0.25, 0.3) is 5.69 Å². The molecule has 1 aromatic carbocycles. The number of rotatable bonds is 5. The van der Waals surface area contributed by atoms with Gasteiger partial charge in [-0.15, -0.1) is 0 Å². The molecule has 0 bridgehead atoms. The zero-order chi connectivity index (χ0) is 18.2. The number of aryl methyl sites for hydroxylation is 1. The average molecular weight is 382 g/mol. The maximum absolute atomic E-state index is 12.5. The van der Waals surface area contributed by atoms with Crippen molar-refractivity contribution in [2.45, 2.75) is 38.1 Å². The molecule has 8 heteroatoms. The number of nitrogens with one attached hydrogen (secondary N) is 1. The fourth-order valence-electron chi connectivity index (χ4n) is 3.01. The van der Waals surface area contributed by atoms with Gasteiger partial charge in [-0.1, -0.05) is 23.2 Å². The molecule has 0 saturated heterocycles. The molecule has 2 N–H and O–H groups in total. The fourth-order valence-corrected chi connectivity index (χ4v) is 3.30. The van der Waals surface area contributed by atoms with Crippen LogP contribution in [0, 0.1) is 6.92 Å². The van der Waals surface area contributed by atoms with Gasteiger partial charge in [0.05, 0.1) is 27.7 Å². The molecule has 0 atom stereocenters. The first-order chi connectivity index (χ1) is 11.8. The van der Waals surface area contributed by atoms with Crippen molar-refractivity contribution in [3.8, 4) is 5.69 Å². The molecule has 1 heterocycles. The standard InChI is InChI=1S/C17H17Cl2N3O3/c1-10-7-14(16(25)20-17(5-2-6-17)9-15(23)24)21-22(10)11-3-4-12(18)13(19)8-11/h3-4,7-8H,2,5-6,9H2,1H3,(H,20,25)(H,23,24). The van der Waals surface area contributed by atoms with E-state index in [4.69, 9.17) is 28.3 Å². The number of hydrogen-bond donors (Lipinski definition) is 2. The summed E-state index contributed by atoms with van der Waals surface area (Å²) in [5, 5.41) is 17.1. The highest BCUT2D eigenvalue weighted by molar-refractivity contribution is 6.42. The molecule has 3 rings (SSSR count). The number of benzene rings is 1. The van der Waals surface area contributed by atoms with Crippen molar-refractivity contribution < 1.29 is 14.7 Å². The molecule has 1 fully saturated rings. The summed E-state index contributed by atoms with van der Waals surface area (Å²) in [6.07, 6.45) is 2.16. The van der Waals surface area contributed by atoms with Crippen molar-refractivity contribution in [1.82, 2.24) is 15.1 Å². The number of amides is 1. The van der Waals surface area contributed by atoms with Gasteiger partial charge < -0.3 is 10.4 Å². The van der Waals surface area contributed by atoms with Crippen molar-refractivity contribution in [2.24, 2.45) is 0 Å². The maximum atomic E-state index is 12.5. The predicted molar refractivity (Wildman–Crippen MR) is 94.6 cm³/mol. The van der Waals surface area contributed by atoms with Crippen molar-refractivity contribution >= 4 is 35.1 Å². The molecule has 2 aromatic rings. The summed E-state index contributed by atoms with van der Waals surface area (Å²) in [5.74, 6) is -1.29. The second-order valence-electron chi connectivity index (χ2n) is 6.34. The smallest absolute Gasteiger partial charge is 0.305 e. The van der Waals surface area contributed by atoms with Crippen LogP contribution in [-0.2, 0) is 4.79 Å². The molecule has 0 aliphatic heterocycles. The minimum absolute atomic E-state index is 0.0782. The summed E-state index contributed by atoms with van der Waals surface area (Å²) < 4.78 is 1.60. The normalized spacial score (nSPS) is 15.5. The largest absolute Gasteiger partial charge is 0.481 e. The average Bonchev–Trinajstić information content (AvgIpc) is 2.89. The first kappa shape index (κ1) is 17.8. The van der Waals surface area contributed by atoms with Gasteiger partial charge in [0.15, 0.2) is 5.69 Å². The molecule has 0 unspecified atom stereocenters. The van der Waals surface area contributed by atoms with E-state index in [1.54, 1.807) is 28.9 Å². The molecular weight excluding hydrogens is 365 g/mol. The number of carbonyl (C=O) groups excluding carboxylic acids is 1. The van der Waals surface area contributed by atoms with Crippen LogP contribution in [0.3, 0.4) is 0 Å². The Bertz CT molecular complexity index is 844. The van der Waals surface area contributed by atoms with E-state index in [2.05, 4.69) is 10.4 Å². The predicted octanol–water partition coefficient (Wildman–Crippen LogP) is 3.61. The molecule has 132 valence electrons. The number of aliphatic carboxylic acids is 1. The number of aromatic nitrogens is 2. The molecule has 0 radical (unpaired) electrons. The van der Waals surface area contributed by atoms with Crippen LogP contribution in [0.2, 0.25) is 10.0 Å². The monoisotopic (exact) mass is 381 g/mol. The second-order valence-corrected chi connectivity index (χ2v) is 7.15. The summed E-state index contributed by atoms with van der Waals surface area (Å²) in [6, 6.07) is 6.75. The Balaban J connectivity index is 1.83. The first-order valence-electron chi connectivity index (χ1n) is 7.86. The van der Waals surface area contributed by atoms with E-state index in [0.717, 1.165) is 12.1 Å². The minimum Gasteiger partial charge on any atom is -0.481 e. The Morgan fingerprint density at radius 2 is 2.00 bits per heavy atom. The molecule has 1 aliphatic carbocycles. The lowest BCUT2D eigenvalue weighted by Gasteiger charge is -2.41. The lowest BCUT2D eigenvalue weighted by atomic mass is 9.74. The first-order valence-corrected chi connectivity index (χ1v) is 8.62. The summed E-state index contributed by atoms with van der Waals surface area (Å²) >= 11 is 12.0. The van der Waals surface area contributed by atoms with Crippen LogP contribution in [0.15, 0.2) is 24.3 Å². The number of nitrogens with zero attached hydrogens (tertiary/aromatic N) is 2. The molecule has 1 saturated carbocycles. The van der Waals surface area contributed by atoms with Gasteiger partial charge in [-0.05, 0) is 50.5 Å². The lowest BCUT2D eigenvalue weighted by Crippen LogP contribution is -2.54. The Kier molecular flexibility index (Phi) is 4.75. The van der Waals surface area contributed by atoms with Crippen molar-refractivity contribution in [1.29, 1.82) is 0 Å². The van der Waals surface area contributed by atoms with E-state index in [9.17, 15) is 9.59 Å². The zero-order valence-corrected chi connectivity index (χ0v) is 15.1. The van der Waals surface area contributed by atoms with Crippen molar-refractivity contribution in [3.05, 3.63) is 45.7 Å². The third-order valence-electron chi connectivity index (χ3n) is 4.45. The second kappa shape index (κ2) is 6.69. The molecule has 6 nitrogen and oxygen atoms in total. The van der Waals surface area contributed by atoms with E-state index < -0.39 is 11.5 Å². The van der Waals surface area contributed by atoms with Crippen LogP contribution < -0.4 is 5.32 Å². The van der Waals surface area contributed by atoms with Gasteiger partial charge in [0, 0.05) is 5.69 Å². The van der Waals surface area contributed by atoms with Crippen molar-refractivity contribution in [2.75, 3.05) is 0 Å². The summed E-state index contributed by atoms with van der Waals surface area (Å²) in [5.41, 5.74) is 1.02. The number of carboxylic acid groups (broad SMARTS) is 1. The number of hydrogen-bond acceptors (Lipinski definition) is 3.